The Hall–Kier alpha value is 0.532. The molecule has 0 atom stereocenters. The molecule has 0 bridgehead atoms. The molecular formula is C27H51Cr. The summed E-state index contributed by atoms with van der Waals surface area (Å²) >= 11 is -0.969. The average Bonchev–Trinajstić information content (AvgIpc) is 3.27. The van der Waals surface area contributed by atoms with E-state index >= 15 is 0 Å². The van der Waals surface area contributed by atoms with Gasteiger partial charge in [0.15, 0.2) is 0 Å². The molecule has 3 aliphatic rings. The molecule has 0 aliphatic heterocycles. The molecule has 0 aromatic heterocycles. The van der Waals surface area contributed by atoms with Crippen molar-refractivity contribution in [3.8, 4) is 0 Å². The predicted octanol–water partition coefficient (Wildman–Crippen LogP) is 9.94. The first-order valence-electron chi connectivity index (χ1n) is 12.5. The van der Waals surface area contributed by atoms with Crippen molar-refractivity contribution in [1.82, 2.24) is 0 Å². The van der Waals surface area contributed by atoms with Crippen LogP contribution < -0.4 is 0 Å². The summed E-state index contributed by atoms with van der Waals surface area (Å²) in [6.45, 7) is 23.8. The van der Waals surface area contributed by atoms with Crippen molar-refractivity contribution in [3.63, 3.8) is 0 Å². The van der Waals surface area contributed by atoms with E-state index in [1.54, 1.807) is 0 Å². The summed E-state index contributed by atoms with van der Waals surface area (Å²) in [5.74, 6) is 0. The van der Waals surface area contributed by atoms with Crippen molar-refractivity contribution < 1.29 is 14.1 Å². The van der Waals surface area contributed by atoms with Gasteiger partial charge >= 0.3 is 183 Å². The Kier molecular flexibility index (Phi) is 6.05. The van der Waals surface area contributed by atoms with Crippen LogP contribution in [0, 0.1) is 16.2 Å². The maximum atomic E-state index is 2.64. The van der Waals surface area contributed by atoms with Crippen molar-refractivity contribution >= 4 is 0 Å². The normalized spacial score (nSPS) is 27.6. The van der Waals surface area contributed by atoms with Gasteiger partial charge in [0.25, 0.3) is 0 Å². The summed E-state index contributed by atoms with van der Waals surface area (Å²) in [5, 5.41) is 0. The van der Waals surface area contributed by atoms with Crippen molar-refractivity contribution in [1.29, 1.82) is 0 Å². The molecule has 0 heterocycles. The zero-order valence-electron chi connectivity index (χ0n) is 20.9. The Morgan fingerprint density at radius 1 is 0.393 bits per heavy atom. The van der Waals surface area contributed by atoms with Crippen LogP contribution in [-0.2, 0) is 14.1 Å². The molecule has 165 valence electrons. The Balaban J connectivity index is 2.32. The summed E-state index contributed by atoms with van der Waals surface area (Å²) in [6.07, 6.45) is 18.2. The third kappa shape index (κ3) is 3.29. The minimum absolute atomic E-state index is 0.454. The third-order valence-electron chi connectivity index (χ3n) is 9.51. The molecule has 0 spiro atoms. The Morgan fingerprint density at radius 2 is 0.571 bits per heavy atom. The quantitative estimate of drug-likeness (QED) is 0.420. The van der Waals surface area contributed by atoms with Gasteiger partial charge < -0.3 is 0 Å². The molecule has 3 aliphatic carbocycles. The standard InChI is InChI=1S/3C9H17.Cr/c3*1-9(2,3)8-6-4-5-7-8;/h3*4-7H2,1-3H3;. The second-order valence-electron chi connectivity index (χ2n) is 13.7. The fourth-order valence-electron chi connectivity index (χ4n) is 7.74. The molecule has 3 fully saturated rings. The van der Waals surface area contributed by atoms with Crippen LogP contribution in [0.2, 0.25) is 12.8 Å². The zero-order chi connectivity index (χ0) is 21.1. The van der Waals surface area contributed by atoms with Crippen LogP contribution in [0.15, 0.2) is 0 Å². The van der Waals surface area contributed by atoms with E-state index in [0.29, 0.717) is 29.1 Å². The van der Waals surface area contributed by atoms with Crippen molar-refractivity contribution in [2.24, 2.45) is 16.2 Å². The molecule has 0 saturated heterocycles. The van der Waals surface area contributed by atoms with E-state index in [2.05, 4.69) is 62.3 Å². The molecule has 0 N–H and O–H groups in total. The van der Waals surface area contributed by atoms with E-state index in [9.17, 15) is 0 Å². The molecule has 0 aromatic carbocycles. The Labute approximate surface area is 182 Å². The van der Waals surface area contributed by atoms with Crippen LogP contribution >= 0.6 is 0 Å². The van der Waals surface area contributed by atoms with Gasteiger partial charge in [-0.05, 0) is 0 Å². The zero-order valence-corrected chi connectivity index (χ0v) is 22.2. The molecule has 1 heteroatoms. The molecule has 0 unspecified atom stereocenters. The molecule has 3 rings (SSSR count). The molecule has 0 nitrogen and oxygen atoms in total. The van der Waals surface area contributed by atoms with E-state index in [4.69, 9.17) is 0 Å². The number of hydrogen-bond donors (Lipinski definition) is 0. The van der Waals surface area contributed by atoms with Crippen molar-refractivity contribution in [3.05, 3.63) is 0 Å². The molecule has 0 radical (unpaired) electrons. The first-order chi connectivity index (χ1) is 12.7. The molecule has 0 aromatic rings. The summed E-state index contributed by atoms with van der Waals surface area (Å²) < 4.78 is 1.92. The monoisotopic (exact) mass is 427 g/mol. The van der Waals surface area contributed by atoms with E-state index in [0.717, 1.165) is 0 Å². The average molecular weight is 428 g/mol. The molecule has 0 amide bonds. The number of hydrogen-bond acceptors (Lipinski definition) is 0. The number of rotatable bonds is 3. The van der Waals surface area contributed by atoms with E-state index in [1.807, 2.05) is 0 Å². The van der Waals surface area contributed by atoms with Gasteiger partial charge in [-0.1, -0.05) is 0 Å². The first-order valence-corrected chi connectivity index (χ1v) is 14.4. The van der Waals surface area contributed by atoms with Crippen LogP contribution in [0.5, 0.6) is 0 Å². The maximum absolute atomic E-state index is 2.64. The summed E-state index contributed by atoms with van der Waals surface area (Å²) in [6, 6.07) is 0. The first kappa shape index (κ1) is 23.2. The molecular weight excluding hydrogens is 376 g/mol. The van der Waals surface area contributed by atoms with Crippen molar-refractivity contribution in [2.75, 3.05) is 0 Å². The van der Waals surface area contributed by atoms with Gasteiger partial charge in [-0.25, -0.2) is 0 Å². The van der Waals surface area contributed by atoms with E-state index in [1.165, 1.54) is 77.0 Å². The van der Waals surface area contributed by atoms with Crippen molar-refractivity contribution in [2.45, 2.75) is 152 Å². The van der Waals surface area contributed by atoms with Crippen LogP contribution in [0.3, 0.4) is 0 Å². The fourth-order valence-corrected chi connectivity index (χ4v) is 17.4. The summed E-state index contributed by atoms with van der Waals surface area (Å²) in [7, 11) is 0. The van der Waals surface area contributed by atoms with Crippen LogP contribution in [0.1, 0.15) is 139 Å². The van der Waals surface area contributed by atoms with Crippen LogP contribution in [0.4, 0.5) is 0 Å². The predicted molar refractivity (Wildman–Crippen MR) is 122 cm³/mol. The minimum atomic E-state index is -0.969. The van der Waals surface area contributed by atoms with Gasteiger partial charge in [0.1, 0.15) is 0 Å². The van der Waals surface area contributed by atoms with E-state index < -0.39 is 14.1 Å². The van der Waals surface area contributed by atoms with Crippen LogP contribution in [-0.4, -0.2) is 0 Å². The van der Waals surface area contributed by atoms with Gasteiger partial charge in [-0.2, -0.15) is 0 Å². The molecule has 28 heavy (non-hydrogen) atoms. The van der Waals surface area contributed by atoms with Crippen LogP contribution in [0.25, 0.3) is 0 Å². The van der Waals surface area contributed by atoms with Gasteiger partial charge in [-0.3, -0.25) is 0 Å². The molecule has 3 saturated carbocycles. The summed E-state index contributed by atoms with van der Waals surface area (Å²) in [4.78, 5) is 0. The second-order valence-corrected chi connectivity index (χ2v) is 18.3. The van der Waals surface area contributed by atoms with Gasteiger partial charge in [0, 0.05) is 0 Å². The summed E-state index contributed by atoms with van der Waals surface area (Å²) in [5.41, 5.74) is 1.36. The third-order valence-corrected chi connectivity index (χ3v) is 17.9. The van der Waals surface area contributed by atoms with Gasteiger partial charge in [0.05, 0.1) is 0 Å². The van der Waals surface area contributed by atoms with Gasteiger partial charge in [0.2, 0.25) is 0 Å². The topological polar surface area (TPSA) is 0 Å². The Bertz CT molecular complexity index is 451. The Morgan fingerprint density at radius 3 is 0.714 bits per heavy atom. The van der Waals surface area contributed by atoms with Gasteiger partial charge in [-0.15, -0.1) is 0 Å². The second kappa shape index (κ2) is 7.30. The van der Waals surface area contributed by atoms with E-state index in [-0.39, 0.29) is 0 Å². The SMILES string of the molecule is CC(C)(C)[C]1([Cr]([C]2(C(C)(C)C)CCCC2)[C]2(C(C)(C)C)CCCC2)CCCC1. The fraction of sp³-hybridized carbons (Fsp3) is 1.00.